The van der Waals surface area contributed by atoms with E-state index in [9.17, 15) is 0 Å². The summed E-state index contributed by atoms with van der Waals surface area (Å²) >= 11 is 0. The van der Waals surface area contributed by atoms with Crippen molar-refractivity contribution < 1.29 is 0 Å². The van der Waals surface area contributed by atoms with Gasteiger partial charge in [-0.2, -0.15) is 0 Å². The van der Waals surface area contributed by atoms with E-state index in [-0.39, 0.29) is 24.8 Å². The fraction of sp³-hybridized carbons (Fsp3) is 0.421. The van der Waals surface area contributed by atoms with Crippen molar-refractivity contribution >= 4 is 41.2 Å². The zero-order valence-electron chi connectivity index (χ0n) is 14.3. The van der Waals surface area contributed by atoms with Gasteiger partial charge in [-0.25, -0.2) is 4.98 Å². The van der Waals surface area contributed by atoms with Gasteiger partial charge in [0, 0.05) is 18.1 Å². The first kappa shape index (κ1) is 19.0. The highest BCUT2D eigenvalue weighted by atomic mass is 35.5. The van der Waals surface area contributed by atoms with Crippen LogP contribution in [-0.4, -0.2) is 33.9 Å². The Labute approximate surface area is 155 Å². The number of fused-ring (bicyclic) bond motifs is 3. The van der Waals surface area contributed by atoms with Gasteiger partial charge in [0.05, 0.1) is 11.0 Å². The Morgan fingerprint density at radius 1 is 1.04 bits per heavy atom. The maximum atomic E-state index is 4.56. The molecule has 4 rings (SSSR count). The summed E-state index contributed by atoms with van der Waals surface area (Å²) in [5.41, 5.74) is 5.43. The molecule has 1 aliphatic rings. The number of para-hydroxylation sites is 1. The highest BCUT2D eigenvalue weighted by Crippen LogP contribution is 2.30. The summed E-state index contributed by atoms with van der Waals surface area (Å²) < 4.78 is 2.34. The van der Waals surface area contributed by atoms with Crippen molar-refractivity contribution in [2.24, 2.45) is 0 Å². The first-order valence-electron chi connectivity index (χ1n) is 8.32. The van der Waals surface area contributed by atoms with Crippen molar-refractivity contribution in [2.75, 3.05) is 19.6 Å². The summed E-state index contributed by atoms with van der Waals surface area (Å²) in [6.45, 7) is 7.99. The van der Waals surface area contributed by atoms with Crippen molar-refractivity contribution in [3.05, 3.63) is 47.4 Å². The molecule has 0 radical (unpaired) electrons. The number of aryl methyl sites for hydroxylation is 2. The molecule has 1 fully saturated rings. The largest absolute Gasteiger partial charge is 0.303 e. The average molecular weight is 366 g/mol. The Balaban J connectivity index is 0.00000104. The lowest BCUT2D eigenvalue weighted by molar-refractivity contribution is 0.344. The number of hydrogen-bond acceptors (Lipinski definition) is 2. The van der Waals surface area contributed by atoms with Gasteiger partial charge in [-0.05, 0) is 63.4 Å². The van der Waals surface area contributed by atoms with Gasteiger partial charge >= 0.3 is 0 Å². The van der Waals surface area contributed by atoms with E-state index in [1.807, 2.05) is 6.20 Å². The lowest BCUT2D eigenvalue weighted by Gasteiger charge is -2.14. The SMILES string of the molecule is Cc1cnc(C)n2c1c(CCN1CCCC1)c1ccccc12.Cl.Cl. The lowest BCUT2D eigenvalue weighted by atomic mass is 10.1. The fourth-order valence-electron chi connectivity index (χ4n) is 3.90. The van der Waals surface area contributed by atoms with Crippen LogP contribution in [0.5, 0.6) is 0 Å². The topological polar surface area (TPSA) is 20.5 Å². The van der Waals surface area contributed by atoms with E-state index in [0.717, 1.165) is 12.2 Å². The Bertz CT molecular complexity index is 835. The molecule has 3 nitrogen and oxygen atoms in total. The highest BCUT2D eigenvalue weighted by Gasteiger charge is 2.17. The molecule has 24 heavy (non-hydrogen) atoms. The summed E-state index contributed by atoms with van der Waals surface area (Å²) in [6.07, 6.45) is 5.86. The number of benzene rings is 1. The summed E-state index contributed by atoms with van der Waals surface area (Å²) in [7, 11) is 0. The molecule has 0 atom stereocenters. The van der Waals surface area contributed by atoms with Crippen LogP contribution in [0.2, 0.25) is 0 Å². The molecule has 1 aliphatic heterocycles. The number of hydrogen-bond donors (Lipinski definition) is 0. The van der Waals surface area contributed by atoms with Gasteiger partial charge in [-0.1, -0.05) is 18.2 Å². The van der Waals surface area contributed by atoms with Crippen LogP contribution in [0.3, 0.4) is 0 Å². The molecule has 0 N–H and O–H groups in total. The molecule has 5 heteroatoms. The van der Waals surface area contributed by atoms with E-state index in [1.54, 1.807) is 0 Å². The van der Waals surface area contributed by atoms with Crippen LogP contribution < -0.4 is 0 Å². The van der Waals surface area contributed by atoms with Crippen molar-refractivity contribution in [1.29, 1.82) is 0 Å². The predicted molar refractivity (Wildman–Crippen MR) is 106 cm³/mol. The van der Waals surface area contributed by atoms with E-state index in [2.05, 4.69) is 52.4 Å². The maximum absolute atomic E-state index is 4.56. The van der Waals surface area contributed by atoms with Gasteiger partial charge in [0.25, 0.3) is 0 Å². The van der Waals surface area contributed by atoms with E-state index in [4.69, 9.17) is 0 Å². The second-order valence-corrected chi connectivity index (χ2v) is 6.47. The van der Waals surface area contributed by atoms with E-state index in [1.165, 1.54) is 60.0 Å². The number of likely N-dealkylation sites (tertiary alicyclic amines) is 1. The van der Waals surface area contributed by atoms with Crippen LogP contribution in [0, 0.1) is 13.8 Å². The minimum Gasteiger partial charge on any atom is -0.303 e. The second-order valence-electron chi connectivity index (χ2n) is 6.47. The first-order valence-corrected chi connectivity index (χ1v) is 8.32. The molecule has 1 aromatic carbocycles. The fourth-order valence-corrected chi connectivity index (χ4v) is 3.90. The molecule has 0 bridgehead atoms. The van der Waals surface area contributed by atoms with E-state index < -0.39 is 0 Å². The summed E-state index contributed by atoms with van der Waals surface area (Å²) in [6, 6.07) is 8.76. The molecule has 0 unspecified atom stereocenters. The van der Waals surface area contributed by atoms with Crippen molar-refractivity contribution in [2.45, 2.75) is 33.1 Å². The molecule has 2 aromatic heterocycles. The smallest absolute Gasteiger partial charge is 0.110 e. The first-order chi connectivity index (χ1) is 10.8. The minimum absolute atomic E-state index is 0. The monoisotopic (exact) mass is 365 g/mol. The Morgan fingerprint density at radius 3 is 2.50 bits per heavy atom. The van der Waals surface area contributed by atoms with Gasteiger partial charge in [-0.3, -0.25) is 4.40 Å². The Kier molecular flexibility index (Phi) is 6.13. The van der Waals surface area contributed by atoms with E-state index in [0.29, 0.717) is 0 Å². The quantitative estimate of drug-likeness (QED) is 0.676. The molecule has 1 saturated heterocycles. The lowest BCUT2D eigenvalue weighted by Crippen LogP contribution is -2.22. The Morgan fingerprint density at radius 2 is 1.75 bits per heavy atom. The van der Waals surface area contributed by atoms with Crippen molar-refractivity contribution in [1.82, 2.24) is 14.3 Å². The number of aromatic nitrogens is 2. The van der Waals surface area contributed by atoms with Crippen LogP contribution in [0.1, 0.15) is 29.8 Å². The third kappa shape index (κ3) is 3.13. The molecule has 0 saturated carbocycles. The van der Waals surface area contributed by atoms with Gasteiger partial charge in [0.2, 0.25) is 0 Å². The van der Waals surface area contributed by atoms with Gasteiger partial charge in [-0.15, -0.1) is 24.8 Å². The number of rotatable bonds is 3. The zero-order chi connectivity index (χ0) is 15.1. The minimum atomic E-state index is 0. The average Bonchev–Trinajstić information content (AvgIpc) is 3.15. The molecule has 0 amide bonds. The summed E-state index contributed by atoms with van der Waals surface area (Å²) in [4.78, 5) is 7.16. The molecular formula is C19H25Cl2N3. The highest BCUT2D eigenvalue weighted by molar-refractivity contribution is 5.93. The molecule has 3 heterocycles. The van der Waals surface area contributed by atoms with Crippen LogP contribution in [0.25, 0.3) is 16.4 Å². The Hall–Kier alpha value is -1.29. The molecule has 130 valence electrons. The van der Waals surface area contributed by atoms with Gasteiger partial charge in [0.15, 0.2) is 0 Å². The molecule has 3 aromatic rings. The van der Waals surface area contributed by atoms with Crippen molar-refractivity contribution in [3.63, 3.8) is 0 Å². The zero-order valence-corrected chi connectivity index (χ0v) is 15.9. The van der Waals surface area contributed by atoms with Crippen LogP contribution in [0.15, 0.2) is 30.5 Å². The normalized spacial score (nSPS) is 14.8. The van der Waals surface area contributed by atoms with Gasteiger partial charge in [0.1, 0.15) is 5.82 Å². The van der Waals surface area contributed by atoms with Crippen LogP contribution in [0.4, 0.5) is 0 Å². The summed E-state index contributed by atoms with van der Waals surface area (Å²) in [5, 5.41) is 1.39. The predicted octanol–water partition coefficient (Wildman–Crippen LogP) is 4.59. The van der Waals surface area contributed by atoms with Crippen molar-refractivity contribution in [3.8, 4) is 0 Å². The van der Waals surface area contributed by atoms with Crippen LogP contribution in [-0.2, 0) is 6.42 Å². The third-order valence-electron chi connectivity index (χ3n) is 5.00. The van der Waals surface area contributed by atoms with E-state index >= 15 is 0 Å². The second kappa shape index (κ2) is 7.73. The molecule has 0 spiro atoms. The number of halogens is 2. The standard InChI is InChI=1S/C19H23N3.2ClH/c1-14-13-20-15(2)22-18-8-4-3-7-16(18)17(19(14)22)9-12-21-10-5-6-11-21;;/h3-4,7-8,13H,5-6,9-12H2,1-2H3;2*1H. The van der Waals surface area contributed by atoms with Crippen LogP contribution >= 0.6 is 24.8 Å². The number of nitrogens with zero attached hydrogens (tertiary/aromatic N) is 3. The maximum Gasteiger partial charge on any atom is 0.110 e. The van der Waals surface area contributed by atoms with Gasteiger partial charge < -0.3 is 4.90 Å². The summed E-state index contributed by atoms with van der Waals surface area (Å²) in [5.74, 6) is 1.07. The molecule has 0 aliphatic carbocycles. The molecular weight excluding hydrogens is 341 g/mol. The third-order valence-corrected chi connectivity index (χ3v) is 5.00.